The number of rotatable bonds is 3. The van der Waals surface area contributed by atoms with E-state index in [1.807, 2.05) is 0 Å². The number of aryl methyl sites for hydroxylation is 1. The fourth-order valence-electron chi connectivity index (χ4n) is 3.59. The number of hydrogen-bond donors (Lipinski definition) is 0. The highest BCUT2D eigenvalue weighted by atomic mass is 15.2. The minimum Gasteiger partial charge on any atom is -0.357 e. The minimum atomic E-state index is 0.796. The van der Waals surface area contributed by atoms with Gasteiger partial charge in [-0.2, -0.15) is 5.26 Å². The number of aromatic nitrogens is 1. The Balaban J connectivity index is 1.99. The second kappa shape index (κ2) is 7.00. The van der Waals surface area contributed by atoms with E-state index in [0.717, 1.165) is 55.4 Å². The number of nitrogens with zero attached hydrogens (tertiary/aromatic N) is 4. The lowest BCUT2D eigenvalue weighted by molar-refractivity contribution is 0.564. The lowest BCUT2D eigenvalue weighted by Crippen LogP contribution is -2.34. The van der Waals surface area contributed by atoms with E-state index in [-0.39, 0.29) is 0 Å². The van der Waals surface area contributed by atoms with Gasteiger partial charge in [-0.1, -0.05) is 6.92 Å². The van der Waals surface area contributed by atoms with Gasteiger partial charge in [-0.3, -0.25) is 0 Å². The van der Waals surface area contributed by atoms with Gasteiger partial charge in [0.25, 0.3) is 0 Å². The first-order chi connectivity index (χ1) is 10.8. The molecule has 2 fully saturated rings. The highest BCUT2D eigenvalue weighted by molar-refractivity contribution is 5.63. The Morgan fingerprint density at radius 3 is 2.14 bits per heavy atom. The van der Waals surface area contributed by atoms with E-state index in [1.165, 1.54) is 38.5 Å². The molecule has 22 heavy (non-hydrogen) atoms. The number of nitriles is 1. The predicted octanol–water partition coefficient (Wildman–Crippen LogP) is 3.50. The summed E-state index contributed by atoms with van der Waals surface area (Å²) in [5.74, 6) is 2.01. The van der Waals surface area contributed by atoms with Crippen LogP contribution in [-0.4, -0.2) is 31.2 Å². The number of piperidine rings is 2. The lowest BCUT2D eigenvalue weighted by Gasteiger charge is -2.32. The summed E-state index contributed by atoms with van der Waals surface area (Å²) in [6.07, 6.45) is 8.44. The average molecular weight is 298 g/mol. The Bertz CT molecular complexity index is 549. The monoisotopic (exact) mass is 298 g/mol. The van der Waals surface area contributed by atoms with E-state index in [0.29, 0.717) is 0 Å². The molecule has 0 atom stereocenters. The van der Waals surface area contributed by atoms with Crippen LogP contribution in [0.3, 0.4) is 0 Å². The van der Waals surface area contributed by atoms with Crippen molar-refractivity contribution < 1.29 is 0 Å². The molecule has 1 aromatic heterocycles. The van der Waals surface area contributed by atoms with Crippen molar-refractivity contribution in [2.24, 2.45) is 0 Å². The summed E-state index contributed by atoms with van der Waals surface area (Å²) in [6.45, 7) is 6.40. The van der Waals surface area contributed by atoms with E-state index < -0.39 is 0 Å². The molecular formula is C18H26N4. The van der Waals surface area contributed by atoms with Gasteiger partial charge in [0.05, 0.1) is 5.56 Å². The molecule has 2 aliphatic rings. The predicted molar refractivity (Wildman–Crippen MR) is 90.5 cm³/mol. The zero-order valence-corrected chi connectivity index (χ0v) is 13.6. The van der Waals surface area contributed by atoms with Crippen molar-refractivity contribution in [1.82, 2.24) is 4.98 Å². The first kappa shape index (κ1) is 15.1. The average Bonchev–Trinajstić information content (AvgIpc) is 2.62. The molecule has 1 aromatic rings. The summed E-state index contributed by atoms with van der Waals surface area (Å²) in [7, 11) is 0. The molecule has 0 saturated carbocycles. The highest BCUT2D eigenvalue weighted by Gasteiger charge is 2.22. The summed E-state index contributed by atoms with van der Waals surface area (Å²) in [4.78, 5) is 9.66. The Morgan fingerprint density at radius 2 is 1.59 bits per heavy atom. The second-order valence-electron chi connectivity index (χ2n) is 6.40. The maximum atomic E-state index is 9.63. The van der Waals surface area contributed by atoms with Crippen molar-refractivity contribution in [2.75, 3.05) is 36.0 Å². The van der Waals surface area contributed by atoms with Crippen molar-refractivity contribution >= 4 is 11.6 Å². The molecule has 0 N–H and O–H groups in total. The smallest absolute Gasteiger partial charge is 0.149 e. The van der Waals surface area contributed by atoms with Gasteiger partial charge >= 0.3 is 0 Å². The van der Waals surface area contributed by atoms with Crippen LogP contribution in [0.1, 0.15) is 56.6 Å². The summed E-state index contributed by atoms with van der Waals surface area (Å²) in [5.41, 5.74) is 1.95. The van der Waals surface area contributed by atoms with Gasteiger partial charge in [-0.15, -0.1) is 0 Å². The van der Waals surface area contributed by atoms with Crippen molar-refractivity contribution in [1.29, 1.82) is 5.26 Å². The van der Waals surface area contributed by atoms with Gasteiger partial charge in [-0.25, -0.2) is 4.98 Å². The zero-order chi connectivity index (χ0) is 15.4. The minimum absolute atomic E-state index is 0.796. The maximum absolute atomic E-state index is 9.63. The van der Waals surface area contributed by atoms with Gasteiger partial charge in [0.1, 0.15) is 17.7 Å². The molecule has 4 nitrogen and oxygen atoms in total. The van der Waals surface area contributed by atoms with Crippen LogP contribution in [-0.2, 0) is 6.42 Å². The van der Waals surface area contributed by atoms with Crippen LogP contribution in [0.2, 0.25) is 0 Å². The molecule has 0 aliphatic carbocycles. The van der Waals surface area contributed by atoms with Gasteiger partial charge in [0.15, 0.2) is 0 Å². The van der Waals surface area contributed by atoms with Crippen LogP contribution in [0.15, 0.2) is 6.07 Å². The van der Waals surface area contributed by atoms with Crippen LogP contribution in [0.25, 0.3) is 0 Å². The fraction of sp³-hybridized carbons (Fsp3) is 0.667. The SMILES string of the molecule is CCc1cc(N2CCCCC2)nc(N2CCCCC2)c1C#N. The van der Waals surface area contributed by atoms with E-state index >= 15 is 0 Å². The van der Waals surface area contributed by atoms with Gasteiger partial charge in [-0.05, 0) is 56.6 Å². The van der Waals surface area contributed by atoms with Crippen molar-refractivity contribution in [2.45, 2.75) is 51.9 Å². The topological polar surface area (TPSA) is 43.2 Å². The summed E-state index contributed by atoms with van der Waals surface area (Å²) in [5, 5.41) is 9.63. The van der Waals surface area contributed by atoms with Crippen LogP contribution in [0.5, 0.6) is 0 Å². The quantitative estimate of drug-likeness (QED) is 0.856. The lowest BCUT2D eigenvalue weighted by atomic mass is 10.0. The van der Waals surface area contributed by atoms with E-state index in [1.54, 1.807) is 0 Å². The third kappa shape index (κ3) is 3.04. The van der Waals surface area contributed by atoms with Gasteiger partial charge < -0.3 is 9.80 Å². The van der Waals surface area contributed by atoms with E-state index in [2.05, 4.69) is 28.9 Å². The van der Waals surface area contributed by atoms with Gasteiger partial charge in [0, 0.05) is 26.2 Å². The van der Waals surface area contributed by atoms with Crippen LogP contribution < -0.4 is 9.80 Å². The van der Waals surface area contributed by atoms with Gasteiger partial charge in [0.2, 0.25) is 0 Å². The first-order valence-electron chi connectivity index (χ1n) is 8.77. The Hall–Kier alpha value is -1.76. The molecule has 2 aliphatic heterocycles. The van der Waals surface area contributed by atoms with Crippen molar-refractivity contribution in [3.63, 3.8) is 0 Å². The number of pyridine rings is 1. The summed E-state index contributed by atoms with van der Waals surface area (Å²) in [6, 6.07) is 4.57. The standard InChI is InChI=1S/C18H26N4/c1-2-15-13-17(21-9-5-3-6-10-21)20-18(16(15)14-19)22-11-7-4-8-12-22/h13H,2-12H2,1H3. The largest absolute Gasteiger partial charge is 0.357 e. The molecule has 3 rings (SSSR count). The Kier molecular flexibility index (Phi) is 4.82. The van der Waals surface area contributed by atoms with E-state index in [9.17, 15) is 5.26 Å². The third-order valence-electron chi connectivity index (χ3n) is 4.90. The van der Waals surface area contributed by atoms with Crippen LogP contribution in [0, 0.1) is 11.3 Å². The molecule has 0 unspecified atom stereocenters. The Morgan fingerprint density at radius 1 is 1.00 bits per heavy atom. The Labute approximate surface area is 133 Å². The molecule has 4 heteroatoms. The summed E-state index contributed by atoms with van der Waals surface area (Å²) < 4.78 is 0. The zero-order valence-electron chi connectivity index (χ0n) is 13.6. The molecular weight excluding hydrogens is 272 g/mol. The second-order valence-corrected chi connectivity index (χ2v) is 6.40. The van der Waals surface area contributed by atoms with Crippen molar-refractivity contribution in [3.8, 4) is 6.07 Å². The van der Waals surface area contributed by atoms with E-state index in [4.69, 9.17) is 4.98 Å². The number of hydrogen-bond acceptors (Lipinski definition) is 4. The normalized spacial score (nSPS) is 19.1. The maximum Gasteiger partial charge on any atom is 0.149 e. The fourth-order valence-corrected chi connectivity index (χ4v) is 3.59. The number of anilines is 2. The van der Waals surface area contributed by atoms with Crippen LogP contribution in [0.4, 0.5) is 11.6 Å². The molecule has 0 spiro atoms. The molecule has 0 radical (unpaired) electrons. The first-order valence-corrected chi connectivity index (χ1v) is 8.77. The molecule has 3 heterocycles. The molecule has 0 bridgehead atoms. The third-order valence-corrected chi connectivity index (χ3v) is 4.90. The highest BCUT2D eigenvalue weighted by Crippen LogP contribution is 2.29. The molecule has 118 valence electrons. The van der Waals surface area contributed by atoms with Crippen LogP contribution >= 0.6 is 0 Å². The summed E-state index contributed by atoms with van der Waals surface area (Å²) >= 11 is 0. The molecule has 0 aromatic carbocycles. The molecule has 2 saturated heterocycles. The van der Waals surface area contributed by atoms with Crippen molar-refractivity contribution in [3.05, 3.63) is 17.2 Å². The molecule has 0 amide bonds.